The molecule has 152 valence electrons. The topological polar surface area (TPSA) is 95.9 Å². The van der Waals surface area contributed by atoms with Gasteiger partial charge in [0.1, 0.15) is 5.00 Å². The van der Waals surface area contributed by atoms with E-state index in [2.05, 4.69) is 5.32 Å². The number of rotatable bonds is 5. The summed E-state index contributed by atoms with van der Waals surface area (Å²) < 4.78 is 5.33. The summed E-state index contributed by atoms with van der Waals surface area (Å²) in [6, 6.07) is 0. The van der Waals surface area contributed by atoms with E-state index in [9.17, 15) is 19.5 Å². The van der Waals surface area contributed by atoms with E-state index in [1.165, 1.54) is 11.3 Å². The van der Waals surface area contributed by atoms with E-state index in [-0.39, 0.29) is 11.8 Å². The first-order valence-corrected chi connectivity index (χ1v) is 10.4. The number of nitrogens with zero attached hydrogens (tertiary/aromatic N) is 1. The number of hydrogen-bond donors (Lipinski definition) is 2. The highest BCUT2D eigenvalue weighted by Crippen LogP contribution is 2.36. The molecule has 2 aliphatic rings. The number of carboxylic acids is 1. The maximum absolute atomic E-state index is 13.2. The van der Waals surface area contributed by atoms with Gasteiger partial charge in [0.25, 0.3) is 5.91 Å². The Kier molecular flexibility index (Phi) is 6.51. The summed E-state index contributed by atoms with van der Waals surface area (Å²) in [6.07, 6.45) is 5.08. The first kappa shape index (κ1) is 20.5. The van der Waals surface area contributed by atoms with Gasteiger partial charge in [0.05, 0.1) is 30.6 Å². The molecule has 1 aromatic heterocycles. The number of carbonyl (C=O) groups excluding carboxylic acids is 2. The summed E-state index contributed by atoms with van der Waals surface area (Å²) >= 11 is 1.38. The normalized spacial score (nSPS) is 22.1. The van der Waals surface area contributed by atoms with Gasteiger partial charge in [0, 0.05) is 18.0 Å². The zero-order valence-corrected chi connectivity index (χ0v) is 17.0. The van der Waals surface area contributed by atoms with Crippen molar-refractivity contribution in [3.05, 3.63) is 28.2 Å². The van der Waals surface area contributed by atoms with Crippen LogP contribution in [0.3, 0.4) is 0 Å². The molecule has 1 aliphatic heterocycles. The molecule has 0 saturated carbocycles. The van der Waals surface area contributed by atoms with Crippen LogP contribution in [0.1, 0.15) is 40.6 Å². The third kappa shape index (κ3) is 4.12. The molecule has 2 amide bonds. The Balaban J connectivity index is 1.87. The zero-order chi connectivity index (χ0) is 20.3. The van der Waals surface area contributed by atoms with Crippen LogP contribution in [-0.2, 0) is 20.7 Å². The molecule has 0 radical (unpaired) electrons. The number of aryl methyl sites for hydroxylation is 1. The van der Waals surface area contributed by atoms with Crippen LogP contribution < -0.4 is 5.32 Å². The average Bonchev–Trinajstić information content (AvgIpc) is 3.02. The molecule has 28 heavy (non-hydrogen) atoms. The van der Waals surface area contributed by atoms with Crippen molar-refractivity contribution < 1.29 is 24.2 Å². The molecule has 2 N–H and O–H groups in total. The number of anilines is 1. The zero-order valence-electron chi connectivity index (χ0n) is 16.2. The van der Waals surface area contributed by atoms with E-state index in [4.69, 9.17) is 4.74 Å². The van der Waals surface area contributed by atoms with Crippen LogP contribution in [0.5, 0.6) is 0 Å². The van der Waals surface area contributed by atoms with Crippen molar-refractivity contribution in [1.29, 1.82) is 0 Å². The number of aliphatic carboxylic acids is 1. The van der Waals surface area contributed by atoms with Crippen LogP contribution in [-0.4, -0.2) is 54.1 Å². The first-order chi connectivity index (χ1) is 13.4. The number of carbonyl (C=O) groups is 3. The van der Waals surface area contributed by atoms with Crippen LogP contribution in [0, 0.1) is 18.8 Å². The minimum absolute atomic E-state index is 0.0990. The minimum atomic E-state index is -0.967. The minimum Gasteiger partial charge on any atom is -0.481 e. The van der Waals surface area contributed by atoms with Crippen molar-refractivity contribution in [3.8, 4) is 0 Å². The van der Waals surface area contributed by atoms with Crippen LogP contribution >= 0.6 is 11.3 Å². The maximum atomic E-state index is 13.2. The van der Waals surface area contributed by atoms with Crippen LogP contribution in [0.25, 0.3) is 0 Å². The SMILES string of the molecule is CCc1c(C)sc(NC(=O)[C@@H]2CC=CC[C@H]2C(=O)O)c1C(=O)N1CCOCC1. The van der Waals surface area contributed by atoms with Crippen LogP contribution in [0.4, 0.5) is 5.00 Å². The Morgan fingerprint density at radius 3 is 2.46 bits per heavy atom. The van der Waals surface area contributed by atoms with Crippen molar-refractivity contribution in [2.24, 2.45) is 11.8 Å². The molecular formula is C20H26N2O5S. The third-order valence-electron chi connectivity index (χ3n) is 5.40. The molecule has 2 heterocycles. The van der Waals surface area contributed by atoms with E-state index >= 15 is 0 Å². The summed E-state index contributed by atoms with van der Waals surface area (Å²) in [5, 5.41) is 12.8. The molecule has 1 aromatic rings. The van der Waals surface area contributed by atoms with Crippen molar-refractivity contribution >= 4 is 34.1 Å². The molecule has 1 aliphatic carbocycles. The van der Waals surface area contributed by atoms with Gasteiger partial charge in [0.2, 0.25) is 5.91 Å². The Morgan fingerprint density at radius 2 is 1.86 bits per heavy atom. The Labute approximate surface area is 168 Å². The second-order valence-electron chi connectivity index (χ2n) is 7.08. The summed E-state index contributed by atoms with van der Waals surface area (Å²) in [5.74, 6) is -2.78. The number of carboxylic acid groups (broad SMARTS) is 1. The van der Waals surface area contributed by atoms with Gasteiger partial charge >= 0.3 is 5.97 Å². The molecule has 2 atom stereocenters. The number of ether oxygens (including phenoxy) is 1. The molecule has 7 nitrogen and oxygen atoms in total. The summed E-state index contributed by atoms with van der Waals surface area (Å²) in [4.78, 5) is 40.3. The lowest BCUT2D eigenvalue weighted by atomic mass is 9.82. The average molecular weight is 407 g/mol. The molecule has 0 aromatic carbocycles. The van der Waals surface area contributed by atoms with E-state index in [1.807, 2.05) is 19.9 Å². The van der Waals surface area contributed by atoms with Gasteiger partial charge in [-0.25, -0.2) is 0 Å². The fraction of sp³-hybridized carbons (Fsp3) is 0.550. The van der Waals surface area contributed by atoms with Gasteiger partial charge in [-0.05, 0) is 31.7 Å². The second-order valence-corrected chi connectivity index (χ2v) is 8.31. The summed E-state index contributed by atoms with van der Waals surface area (Å²) in [6.45, 7) is 6.00. The highest BCUT2D eigenvalue weighted by atomic mass is 32.1. The molecule has 0 spiro atoms. The Hall–Kier alpha value is -2.19. The predicted octanol–water partition coefficient (Wildman–Crippen LogP) is 2.70. The number of nitrogens with one attached hydrogen (secondary N) is 1. The monoisotopic (exact) mass is 406 g/mol. The lowest BCUT2D eigenvalue weighted by Gasteiger charge is -2.28. The molecule has 1 fully saturated rings. The number of amides is 2. The van der Waals surface area contributed by atoms with Crippen LogP contribution in [0.15, 0.2) is 12.2 Å². The number of thiophene rings is 1. The molecule has 0 bridgehead atoms. The third-order valence-corrected chi connectivity index (χ3v) is 6.46. The van der Waals surface area contributed by atoms with Gasteiger partial charge in [0.15, 0.2) is 0 Å². The number of allylic oxidation sites excluding steroid dienone is 2. The van der Waals surface area contributed by atoms with E-state index in [0.717, 1.165) is 10.4 Å². The molecule has 0 unspecified atom stereocenters. The van der Waals surface area contributed by atoms with E-state index in [0.29, 0.717) is 56.1 Å². The fourth-order valence-electron chi connectivity index (χ4n) is 3.82. The van der Waals surface area contributed by atoms with Crippen LogP contribution in [0.2, 0.25) is 0 Å². The summed E-state index contributed by atoms with van der Waals surface area (Å²) in [7, 11) is 0. The van der Waals surface area contributed by atoms with Crippen molar-refractivity contribution in [3.63, 3.8) is 0 Å². The highest BCUT2D eigenvalue weighted by Gasteiger charge is 2.35. The summed E-state index contributed by atoms with van der Waals surface area (Å²) in [5.41, 5.74) is 1.48. The van der Waals surface area contributed by atoms with Crippen molar-refractivity contribution in [2.45, 2.75) is 33.1 Å². The Bertz CT molecular complexity index is 795. The van der Waals surface area contributed by atoms with Crippen molar-refractivity contribution in [2.75, 3.05) is 31.6 Å². The Morgan fingerprint density at radius 1 is 1.21 bits per heavy atom. The standard InChI is InChI=1S/C20H26N2O5S/c1-3-13-12(2)28-18(16(13)19(24)22-8-10-27-11-9-22)21-17(23)14-6-4-5-7-15(14)20(25)26/h4-5,14-15H,3,6-11H2,1-2H3,(H,21,23)(H,25,26)/t14-,15-/m1/s1. The van der Waals surface area contributed by atoms with E-state index < -0.39 is 17.8 Å². The van der Waals surface area contributed by atoms with Gasteiger partial charge < -0.3 is 20.1 Å². The maximum Gasteiger partial charge on any atom is 0.307 e. The molecular weight excluding hydrogens is 380 g/mol. The van der Waals surface area contributed by atoms with Gasteiger partial charge in [-0.1, -0.05) is 19.1 Å². The van der Waals surface area contributed by atoms with E-state index in [1.54, 1.807) is 11.0 Å². The predicted molar refractivity (Wildman–Crippen MR) is 107 cm³/mol. The molecule has 3 rings (SSSR count). The highest BCUT2D eigenvalue weighted by molar-refractivity contribution is 7.16. The number of morpholine rings is 1. The first-order valence-electron chi connectivity index (χ1n) is 9.62. The quantitative estimate of drug-likeness (QED) is 0.733. The molecule has 1 saturated heterocycles. The lowest BCUT2D eigenvalue weighted by Crippen LogP contribution is -2.41. The molecule has 8 heteroatoms. The fourth-order valence-corrected chi connectivity index (χ4v) is 4.96. The second kappa shape index (κ2) is 8.87. The smallest absolute Gasteiger partial charge is 0.307 e. The largest absolute Gasteiger partial charge is 0.481 e. The van der Waals surface area contributed by atoms with Crippen molar-refractivity contribution in [1.82, 2.24) is 4.90 Å². The number of hydrogen-bond acceptors (Lipinski definition) is 5. The lowest BCUT2D eigenvalue weighted by molar-refractivity contribution is -0.146. The van der Waals surface area contributed by atoms with Gasteiger partial charge in [-0.2, -0.15) is 0 Å². The van der Waals surface area contributed by atoms with Gasteiger partial charge in [-0.15, -0.1) is 11.3 Å². The van der Waals surface area contributed by atoms with Gasteiger partial charge in [-0.3, -0.25) is 14.4 Å².